The van der Waals surface area contributed by atoms with Gasteiger partial charge in [0.25, 0.3) is 0 Å². The number of nitrogens with two attached hydrogens (primary N) is 1. The first-order valence-corrected chi connectivity index (χ1v) is 6.43. The highest BCUT2D eigenvalue weighted by molar-refractivity contribution is 9.10. The quantitative estimate of drug-likeness (QED) is 0.326. The van der Waals surface area contributed by atoms with Crippen LogP contribution in [0, 0.1) is 0 Å². The third kappa shape index (κ3) is 3.61. The van der Waals surface area contributed by atoms with Crippen LogP contribution in [0.2, 0.25) is 0 Å². The number of halogens is 1. The first kappa shape index (κ1) is 14.8. The number of oxime groups is 1. The third-order valence-corrected chi connectivity index (χ3v) is 3.36. The number of rotatable bonds is 6. The van der Waals surface area contributed by atoms with Gasteiger partial charge in [0, 0.05) is 22.8 Å². The van der Waals surface area contributed by atoms with Gasteiger partial charge in [0.05, 0.1) is 12.6 Å². The highest BCUT2D eigenvalue weighted by atomic mass is 79.9. The number of nitrogens with zero attached hydrogens (tertiary/aromatic N) is 1. The average molecular weight is 316 g/mol. The Hall–Kier alpha value is -1.27. The van der Waals surface area contributed by atoms with Crippen molar-refractivity contribution in [3.63, 3.8) is 0 Å². The molecular weight excluding hydrogens is 298 g/mol. The van der Waals surface area contributed by atoms with Crippen LogP contribution in [-0.2, 0) is 11.3 Å². The lowest BCUT2D eigenvalue weighted by atomic mass is 10.1. The minimum Gasteiger partial charge on any atom is -0.409 e. The molecule has 0 aromatic heterocycles. The molecule has 0 amide bonds. The van der Waals surface area contributed by atoms with Crippen LogP contribution < -0.4 is 11.1 Å². The zero-order valence-electron chi connectivity index (χ0n) is 10.5. The third-order valence-electron chi connectivity index (χ3n) is 2.62. The van der Waals surface area contributed by atoms with Gasteiger partial charge in [-0.3, -0.25) is 0 Å². The second kappa shape index (κ2) is 7.23. The lowest BCUT2D eigenvalue weighted by Gasteiger charge is -2.19. The topological polar surface area (TPSA) is 79.9 Å². The van der Waals surface area contributed by atoms with Gasteiger partial charge in [-0.15, -0.1) is 0 Å². The molecule has 0 aliphatic carbocycles. The molecule has 1 atom stereocenters. The molecule has 100 valence electrons. The summed E-state index contributed by atoms with van der Waals surface area (Å²) in [5, 5.41) is 15.0. The van der Waals surface area contributed by atoms with Crippen LogP contribution in [0.5, 0.6) is 0 Å². The first-order valence-electron chi connectivity index (χ1n) is 5.64. The summed E-state index contributed by atoms with van der Waals surface area (Å²) in [6, 6.07) is 5.60. The minimum atomic E-state index is -0.208. The highest BCUT2D eigenvalue weighted by Crippen LogP contribution is 2.26. The smallest absolute Gasteiger partial charge is 0.161 e. The van der Waals surface area contributed by atoms with Crippen LogP contribution in [0.4, 0.5) is 5.69 Å². The maximum absolute atomic E-state index is 8.73. The Labute approximate surface area is 115 Å². The SMILES string of the molecule is CCC(Nc1cccc(Br)c1COC)/C(N)=N/O. The second-order valence-corrected chi connectivity index (χ2v) is 4.68. The van der Waals surface area contributed by atoms with E-state index in [2.05, 4.69) is 26.4 Å². The number of ether oxygens (including phenoxy) is 1. The zero-order valence-corrected chi connectivity index (χ0v) is 12.1. The van der Waals surface area contributed by atoms with Gasteiger partial charge in [-0.2, -0.15) is 0 Å². The molecule has 1 aromatic rings. The predicted octanol–water partition coefficient (Wildman–Crippen LogP) is 2.53. The molecule has 1 rings (SSSR count). The predicted molar refractivity (Wildman–Crippen MR) is 76.0 cm³/mol. The van der Waals surface area contributed by atoms with E-state index >= 15 is 0 Å². The van der Waals surface area contributed by atoms with Crippen molar-refractivity contribution in [2.75, 3.05) is 12.4 Å². The molecule has 0 bridgehead atoms. The molecule has 0 aliphatic heterocycles. The maximum Gasteiger partial charge on any atom is 0.161 e. The summed E-state index contributed by atoms with van der Waals surface area (Å²) in [6.07, 6.45) is 0.717. The minimum absolute atomic E-state index is 0.167. The van der Waals surface area contributed by atoms with E-state index in [1.165, 1.54) is 0 Å². The maximum atomic E-state index is 8.73. The number of nitrogens with one attached hydrogen (secondary N) is 1. The Balaban J connectivity index is 2.98. The summed E-state index contributed by atoms with van der Waals surface area (Å²) in [7, 11) is 1.64. The van der Waals surface area contributed by atoms with Gasteiger partial charge >= 0.3 is 0 Å². The molecule has 0 saturated carbocycles. The molecule has 1 aromatic carbocycles. The molecule has 0 heterocycles. The molecule has 5 nitrogen and oxygen atoms in total. The van der Waals surface area contributed by atoms with Crippen molar-refractivity contribution < 1.29 is 9.94 Å². The van der Waals surface area contributed by atoms with Crippen molar-refractivity contribution in [2.45, 2.75) is 26.0 Å². The fourth-order valence-electron chi connectivity index (χ4n) is 1.63. The van der Waals surface area contributed by atoms with E-state index in [0.717, 1.165) is 22.1 Å². The van der Waals surface area contributed by atoms with Crippen molar-refractivity contribution in [3.8, 4) is 0 Å². The van der Waals surface area contributed by atoms with E-state index in [9.17, 15) is 0 Å². The van der Waals surface area contributed by atoms with Gasteiger partial charge in [-0.25, -0.2) is 0 Å². The van der Waals surface area contributed by atoms with Gasteiger partial charge in [0.15, 0.2) is 5.84 Å². The van der Waals surface area contributed by atoms with Crippen molar-refractivity contribution in [2.24, 2.45) is 10.9 Å². The number of hydrogen-bond donors (Lipinski definition) is 3. The lowest BCUT2D eigenvalue weighted by Crippen LogP contribution is -2.35. The van der Waals surface area contributed by atoms with E-state index in [1.54, 1.807) is 7.11 Å². The van der Waals surface area contributed by atoms with E-state index in [-0.39, 0.29) is 11.9 Å². The Morgan fingerprint density at radius 1 is 1.61 bits per heavy atom. The highest BCUT2D eigenvalue weighted by Gasteiger charge is 2.14. The molecule has 0 fully saturated rings. The molecule has 0 saturated heterocycles. The Bertz CT molecular complexity index is 424. The van der Waals surface area contributed by atoms with E-state index < -0.39 is 0 Å². The van der Waals surface area contributed by atoms with Gasteiger partial charge in [0.1, 0.15) is 0 Å². The summed E-state index contributed by atoms with van der Waals surface area (Å²) in [6.45, 7) is 2.44. The summed E-state index contributed by atoms with van der Waals surface area (Å²) < 4.78 is 6.13. The normalized spacial score (nSPS) is 13.4. The first-order chi connectivity index (χ1) is 8.63. The monoisotopic (exact) mass is 315 g/mol. The molecule has 0 spiro atoms. The fraction of sp³-hybridized carbons (Fsp3) is 0.417. The molecule has 0 radical (unpaired) electrons. The molecule has 0 aliphatic rings. The summed E-state index contributed by atoms with van der Waals surface area (Å²) in [5.74, 6) is 0.167. The fourth-order valence-corrected chi connectivity index (χ4v) is 2.11. The number of hydrogen-bond acceptors (Lipinski definition) is 4. The number of methoxy groups -OCH3 is 1. The average Bonchev–Trinajstić information content (AvgIpc) is 2.38. The van der Waals surface area contributed by atoms with Crippen LogP contribution in [0.3, 0.4) is 0 Å². The van der Waals surface area contributed by atoms with Crippen LogP contribution >= 0.6 is 15.9 Å². The van der Waals surface area contributed by atoms with Gasteiger partial charge in [-0.1, -0.05) is 34.1 Å². The van der Waals surface area contributed by atoms with Crippen molar-refractivity contribution >= 4 is 27.5 Å². The van der Waals surface area contributed by atoms with E-state index in [0.29, 0.717) is 6.61 Å². The van der Waals surface area contributed by atoms with Gasteiger partial charge in [-0.05, 0) is 18.6 Å². The molecular formula is C12H18BrN3O2. The van der Waals surface area contributed by atoms with Crippen molar-refractivity contribution in [1.29, 1.82) is 0 Å². The van der Waals surface area contributed by atoms with Gasteiger partial charge < -0.3 is 21.0 Å². The van der Waals surface area contributed by atoms with Gasteiger partial charge in [0.2, 0.25) is 0 Å². The molecule has 6 heteroatoms. The molecule has 1 unspecified atom stereocenters. The van der Waals surface area contributed by atoms with E-state index in [4.69, 9.17) is 15.7 Å². The summed E-state index contributed by atoms with van der Waals surface area (Å²) >= 11 is 3.48. The van der Waals surface area contributed by atoms with Crippen LogP contribution in [0.1, 0.15) is 18.9 Å². The summed E-state index contributed by atoms with van der Waals surface area (Å²) in [4.78, 5) is 0. The van der Waals surface area contributed by atoms with Crippen LogP contribution in [-0.4, -0.2) is 24.2 Å². The van der Waals surface area contributed by atoms with Crippen LogP contribution in [0.15, 0.2) is 27.8 Å². The largest absolute Gasteiger partial charge is 0.409 e. The standard InChI is InChI=1S/C12H18BrN3O2/c1-3-10(12(14)16-17)15-11-6-4-5-9(13)8(11)7-18-2/h4-6,10,15,17H,3,7H2,1-2H3,(H2,14,16). The molecule has 4 N–H and O–H groups in total. The number of amidine groups is 1. The Kier molecular flexibility index (Phi) is 5.94. The number of anilines is 1. The zero-order chi connectivity index (χ0) is 13.5. The second-order valence-electron chi connectivity index (χ2n) is 3.83. The van der Waals surface area contributed by atoms with Crippen molar-refractivity contribution in [1.82, 2.24) is 0 Å². The van der Waals surface area contributed by atoms with Crippen LogP contribution in [0.25, 0.3) is 0 Å². The molecule has 18 heavy (non-hydrogen) atoms. The Morgan fingerprint density at radius 2 is 2.33 bits per heavy atom. The summed E-state index contributed by atoms with van der Waals surface area (Å²) in [5.41, 5.74) is 7.54. The van der Waals surface area contributed by atoms with Crippen molar-refractivity contribution in [3.05, 3.63) is 28.2 Å². The number of benzene rings is 1. The Morgan fingerprint density at radius 3 is 2.89 bits per heavy atom. The lowest BCUT2D eigenvalue weighted by molar-refractivity contribution is 0.185. The van der Waals surface area contributed by atoms with E-state index in [1.807, 2.05) is 25.1 Å².